The molecule has 1 atom stereocenters. The molecule has 0 radical (unpaired) electrons. The van der Waals surface area contributed by atoms with Crippen molar-refractivity contribution in [3.8, 4) is 5.63 Å². The van der Waals surface area contributed by atoms with E-state index < -0.39 is 11.4 Å². The average molecular weight is 183 g/mol. The fourth-order valence-electron chi connectivity index (χ4n) is 0.350. The van der Waals surface area contributed by atoms with Crippen molar-refractivity contribution in [2.75, 3.05) is 0 Å². The van der Waals surface area contributed by atoms with Crippen molar-refractivity contribution >= 4 is 24.8 Å². The van der Waals surface area contributed by atoms with Crippen molar-refractivity contribution in [3.05, 3.63) is 0 Å². The van der Waals surface area contributed by atoms with Crippen molar-refractivity contribution < 1.29 is 13.8 Å². The number of rotatable bonds is 3. The summed E-state index contributed by atoms with van der Waals surface area (Å²) in [7, 11) is -0.268. The van der Waals surface area contributed by atoms with E-state index in [-0.39, 0.29) is 20.8 Å². The van der Waals surface area contributed by atoms with Gasteiger partial charge in [-0.2, -0.15) is 0 Å². The standard InChI is InChI=1S/C5H5ClFO2P/c6-5(8)4(7)2-1-3-10-9/h4H,1-2H2/t4-/m0/s1. The zero-order valence-corrected chi connectivity index (χ0v) is 6.66. The Hall–Kier alpha value is -0.100. The average Bonchev–Trinajstić information content (AvgIpc) is 1.88. The first kappa shape index (κ1) is 9.90. The molecule has 0 N–H and O–H groups in total. The van der Waals surface area contributed by atoms with Gasteiger partial charge in [0.25, 0.3) is 0 Å². The molecule has 0 bridgehead atoms. The molecule has 0 aromatic heterocycles. The Kier molecular flexibility index (Phi) is 5.61. The fraction of sp³-hybridized carbons (Fsp3) is 0.600. The molecule has 2 nitrogen and oxygen atoms in total. The van der Waals surface area contributed by atoms with Crippen molar-refractivity contribution in [2.45, 2.75) is 19.0 Å². The number of carbonyl (C=O) groups is 1. The van der Waals surface area contributed by atoms with Gasteiger partial charge < -0.3 is 0 Å². The Bertz CT molecular complexity index is 211. The summed E-state index contributed by atoms with van der Waals surface area (Å²) in [6, 6.07) is 0. The van der Waals surface area contributed by atoms with E-state index in [2.05, 4.69) is 5.63 Å². The number of halogens is 2. The molecule has 0 fully saturated rings. The number of hydrogen-bond acceptors (Lipinski definition) is 2. The van der Waals surface area contributed by atoms with Crippen LogP contribution in [0, 0.1) is 5.63 Å². The van der Waals surface area contributed by atoms with E-state index in [4.69, 9.17) is 11.6 Å². The molecule has 0 spiro atoms. The van der Waals surface area contributed by atoms with Crippen LogP contribution in [0.15, 0.2) is 0 Å². The molecule has 0 aromatic carbocycles. The summed E-state index contributed by atoms with van der Waals surface area (Å²) in [6.45, 7) is 0. The van der Waals surface area contributed by atoms with Crippen LogP contribution in [0.2, 0.25) is 0 Å². The second-order valence-electron chi connectivity index (χ2n) is 1.56. The van der Waals surface area contributed by atoms with Gasteiger partial charge in [-0.3, -0.25) is 0 Å². The summed E-state index contributed by atoms with van der Waals surface area (Å²) in [5, 5.41) is -1.01. The molecular weight excluding hydrogens is 177 g/mol. The third kappa shape index (κ3) is 4.75. The maximum absolute atomic E-state index is 12.2. The summed E-state index contributed by atoms with van der Waals surface area (Å²) >= 11 is 4.79. The van der Waals surface area contributed by atoms with Crippen molar-refractivity contribution in [1.29, 1.82) is 0 Å². The van der Waals surface area contributed by atoms with Crippen LogP contribution in [0.4, 0.5) is 4.39 Å². The monoisotopic (exact) mass is 182 g/mol. The van der Waals surface area contributed by atoms with E-state index in [1.54, 1.807) is 0 Å². The van der Waals surface area contributed by atoms with E-state index in [1.807, 2.05) is 0 Å². The molecule has 0 aromatic rings. The SMILES string of the molecule is O=P#CCC[C@H](F)C(=O)Cl. The molecule has 0 aliphatic rings. The molecule has 0 saturated carbocycles. The second kappa shape index (κ2) is 5.67. The summed E-state index contributed by atoms with van der Waals surface area (Å²) in [5.74, 6) is 0. The van der Waals surface area contributed by atoms with Crippen molar-refractivity contribution in [3.63, 3.8) is 0 Å². The van der Waals surface area contributed by atoms with Gasteiger partial charge in [0.15, 0.2) is 0 Å². The first-order valence-electron chi connectivity index (χ1n) is 2.57. The summed E-state index contributed by atoms with van der Waals surface area (Å²) in [6.07, 6.45) is -1.53. The minimum atomic E-state index is -1.66. The first-order chi connectivity index (χ1) is 4.68. The van der Waals surface area contributed by atoms with Crippen molar-refractivity contribution in [2.24, 2.45) is 0 Å². The normalized spacial score (nSPS) is 11.8. The van der Waals surface area contributed by atoms with Crippen LogP contribution in [0.3, 0.4) is 0 Å². The van der Waals surface area contributed by atoms with E-state index in [0.717, 1.165) is 0 Å². The third-order valence-corrected chi connectivity index (χ3v) is 1.41. The summed E-state index contributed by atoms with van der Waals surface area (Å²) in [4.78, 5) is 10.0. The molecule has 5 heteroatoms. The predicted molar refractivity (Wildman–Crippen MR) is 36.5 cm³/mol. The fourth-order valence-corrected chi connectivity index (χ4v) is 0.680. The molecular formula is C5H5ClFO2P. The molecule has 56 valence electrons. The van der Waals surface area contributed by atoms with Crippen LogP contribution >= 0.6 is 19.5 Å². The summed E-state index contributed by atoms with van der Waals surface area (Å²) in [5.41, 5.74) is 2.30. The molecule has 0 aliphatic carbocycles. The Morgan fingerprint density at radius 1 is 1.80 bits per heavy atom. The van der Waals surface area contributed by atoms with Crippen LogP contribution in [-0.2, 0) is 9.36 Å². The van der Waals surface area contributed by atoms with E-state index in [1.165, 1.54) is 0 Å². The van der Waals surface area contributed by atoms with Gasteiger partial charge in [0.2, 0.25) is 0 Å². The molecule has 0 saturated heterocycles. The van der Waals surface area contributed by atoms with Gasteiger partial charge in [-0.05, 0) is 0 Å². The molecule has 0 rings (SSSR count). The molecule has 0 unspecified atom stereocenters. The van der Waals surface area contributed by atoms with Crippen molar-refractivity contribution in [1.82, 2.24) is 0 Å². The van der Waals surface area contributed by atoms with E-state index >= 15 is 0 Å². The van der Waals surface area contributed by atoms with Crippen LogP contribution < -0.4 is 0 Å². The third-order valence-electron chi connectivity index (χ3n) is 0.820. The Morgan fingerprint density at radius 2 is 2.40 bits per heavy atom. The molecule has 10 heavy (non-hydrogen) atoms. The summed E-state index contributed by atoms with van der Waals surface area (Å²) < 4.78 is 21.9. The molecule has 0 heterocycles. The Balaban J connectivity index is 3.55. The van der Waals surface area contributed by atoms with E-state index in [0.29, 0.717) is 0 Å². The Labute approximate surface area is 63.9 Å². The van der Waals surface area contributed by atoms with Gasteiger partial charge in [0, 0.05) is 0 Å². The van der Waals surface area contributed by atoms with Gasteiger partial charge in [-0.1, -0.05) is 0 Å². The topological polar surface area (TPSA) is 34.1 Å². The van der Waals surface area contributed by atoms with Gasteiger partial charge >= 0.3 is 63.1 Å². The van der Waals surface area contributed by atoms with Crippen LogP contribution in [0.1, 0.15) is 12.8 Å². The number of hydrogen-bond donors (Lipinski definition) is 0. The zero-order valence-electron chi connectivity index (χ0n) is 5.01. The van der Waals surface area contributed by atoms with Gasteiger partial charge in [-0.25, -0.2) is 0 Å². The van der Waals surface area contributed by atoms with E-state index in [9.17, 15) is 13.8 Å². The number of alkyl halides is 1. The second-order valence-corrected chi connectivity index (χ2v) is 2.43. The maximum atomic E-state index is 12.2. The quantitative estimate of drug-likeness (QED) is 0.495. The molecule has 0 aliphatic heterocycles. The molecule has 0 amide bonds. The zero-order chi connectivity index (χ0) is 7.98. The van der Waals surface area contributed by atoms with Crippen LogP contribution in [-0.4, -0.2) is 11.4 Å². The predicted octanol–water partition coefficient (Wildman–Crippen LogP) is 2.12. The Morgan fingerprint density at radius 3 is 2.80 bits per heavy atom. The van der Waals surface area contributed by atoms with Gasteiger partial charge in [0.05, 0.1) is 0 Å². The van der Waals surface area contributed by atoms with Crippen LogP contribution in [0.25, 0.3) is 0 Å². The minimum absolute atomic E-state index is 0.0441. The number of carbonyl (C=O) groups excluding carboxylic acids is 1. The van der Waals surface area contributed by atoms with Crippen LogP contribution in [0.5, 0.6) is 0 Å². The first-order valence-corrected chi connectivity index (χ1v) is 3.76. The van der Waals surface area contributed by atoms with Gasteiger partial charge in [-0.15, -0.1) is 0 Å². The van der Waals surface area contributed by atoms with Gasteiger partial charge in [0.1, 0.15) is 0 Å².